The molecule has 9 heteroatoms. The standard InChI is InChI=1S/C18H20BrFN2O4S/c1-21(2)27(24,25)17-10-13(6-7-14(17)19)18(23)22(3)11-12-5-8-16(26-4)15(20)9-12/h5-10H,11H2,1-4H3. The normalized spacial score (nSPS) is 11.5. The highest BCUT2D eigenvalue weighted by Crippen LogP contribution is 2.26. The predicted molar refractivity (Wildman–Crippen MR) is 104 cm³/mol. The molecule has 1 amide bonds. The maximum absolute atomic E-state index is 13.8. The average Bonchev–Trinajstić information content (AvgIpc) is 2.61. The van der Waals surface area contributed by atoms with E-state index in [-0.39, 0.29) is 28.7 Å². The Kier molecular flexibility index (Phi) is 6.61. The molecule has 6 nitrogen and oxygen atoms in total. The Labute approximate surface area is 166 Å². The number of methoxy groups -OCH3 is 1. The van der Waals surface area contributed by atoms with Gasteiger partial charge < -0.3 is 9.64 Å². The molecule has 0 aliphatic heterocycles. The quantitative estimate of drug-likeness (QED) is 0.666. The van der Waals surface area contributed by atoms with E-state index >= 15 is 0 Å². The van der Waals surface area contributed by atoms with Crippen molar-refractivity contribution in [3.63, 3.8) is 0 Å². The van der Waals surface area contributed by atoms with E-state index < -0.39 is 15.8 Å². The number of ether oxygens (including phenoxy) is 1. The van der Waals surface area contributed by atoms with E-state index in [1.807, 2.05) is 0 Å². The number of hydrogen-bond acceptors (Lipinski definition) is 4. The smallest absolute Gasteiger partial charge is 0.253 e. The first-order chi connectivity index (χ1) is 12.6. The lowest BCUT2D eigenvalue weighted by Crippen LogP contribution is -2.27. The minimum absolute atomic E-state index is 0.00208. The number of halogens is 2. The molecule has 146 valence electrons. The first-order valence-corrected chi connectivity index (χ1v) is 10.1. The lowest BCUT2D eigenvalue weighted by molar-refractivity contribution is 0.0784. The molecule has 0 saturated carbocycles. The number of benzene rings is 2. The lowest BCUT2D eigenvalue weighted by Gasteiger charge is -2.19. The molecule has 0 fully saturated rings. The van der Waals surface area contributed by atoms with Gasteiger partial charge in [0.2, 0.25) is 10.0 Å². The Morgan fingerprint density at radius 1 is 1.15 bits per heavy atom. The zero-order chi connectivity index (χ0) is 20.4. The van der Waals surface area contributed by atoms with Gasteiger partial charge in [0.05, 0.1) is 12.0 Å². The first kappa shape index (κ1) is 21.3. The molecule has 0 N–H and O–H groups in total. The van der Waals surface area contributed by atoms with Crippen LogP contribution in [-0.2, 0) is 16.6 Å². The van der Waals surface area contributed by atoms with E-state index in [0.717, 1.165) is 4.31 Å². The highest BCUT2D eigenvalue weighted by Gasteiger charge is 2.23. The van der Waals surface area contributed by atoms with Crippen LogP contribution in [0.25, 0.3) is 0 Å². The largest absolute Gasteiger partial charge is 0.494 e. The molecule has 0 aliphatic rings. The molecule has 0 unspecified atom stereocenters. The van der Waals surface area contributed by atoms with Crippen molar-refractivity contribution in [2.24, 2.45) is 0 Å². The Hall–Kier alpha value is -1.97. The van der Waals surface area contributed by atoms with Gasteiger partial charge in [-0.1, -0.05) is 6.07 Å². The number of nitrogens with zero attached hydrogens (tertiary/aromatic N) is 2. The van der Waals surface area contributed by atoms with E-state index in [0.29, 0.717) is 10.0 Å². The SMILES string of the molecule is COc1ccc(CN(C)C(=O)c2ccc(Br)c(S(=O)(=O)N(C)C)c2)cc1F. The molecule has 0 saturated heterocycles. The van der Waals surface area contributed by atoms with Gasteiger partial charge in [-0.05, 0) is 51.8 Å². The van der Waals surface area contributed by atoms with Crippen molar-refractivity contribution in [2.75, 3.05) is 28.3 Å². The van der Waals surface area contributed by atoms with E-state index in [2.05, 4.69) is 15.9 Å². The number of amides is 1. The number of hydrogen-bond donors (Lipinski definition) is 0. The van der Waals surface area contributed by atoms with Gasteiger partial charge in [-0.3, -0.25) is 4.79 Å². The van der Waals surface area contributed by atoms with E-state index in [9.17, 15) is 17.6 Å². The van der Waals surface area contributed by atoms with Gasteiger partial charge in [0, 0.05) is 37.7 Å². The maximum Gasteiger partial charge on any atom is 0.253 e. The van der Waals surface area contributed by atoms with Crippen LogP contribution in [0.2, 0.25) is 0 Å². The van der Waals surface area contributed by atoms with Crippen LogP contribution in [0.1, 0.15) is 15.9 Å². The fourth-order valence-corrected chi connectivity index (χ4v) is 4.25. The predicted octanol–water partition coefficient (Wildman–Crippen LogP) is 3.12. The van der Waals surface area contributed by atoms with Crippen molar-refractivity contribution >= 4 is 31.9 Å². The molecule has 0 aromatic heterocycles. The highest BCUT2D eigenvalue weighted by atomic mass is 79.9. The molecular weight excluding hydrogens is 439 g/mol. The molecular formula is C18H20BrFN2O4S. The molecule has 0 bridgehead atoms. The first-order valence-electron chi connectivity index (χ1n) is 7.88. The maximum atomic E-state index is 13.8. The molecule has 0 heterocycles. The average molecular weight is 459 g/mol. The van der Waals surface area contributed by atoms with Gasteiger partial charge in [-0.15, -0.1) is 0 Å². The van der Waals surface area contributed by atoms with E-state index in [1.165, 1.54) is 56.4 Å². The molecule has 0 spiro atoms. The highest BCUT2D eigenvalue weighted by molar-refractivity contribution is 9.10. The van der Waals surface area contributed by atoms with Gasteiger partial charge in [-0.2, -0.15) is 0 Å². The summed E-state index contributed by atoms with van der Waals surface area (Å²) < 4.78 is 45.0. The van der Waals surface area contributed by atoms with Crippen LogP contribution in [0.3, 0.4) is 0 Å². The van der Waals surface area contributed by atoms with Crippen molar-refractivity contribution in [3.8, 4) is 5.75 Å². The third kappa shape index (κ3) is 4.66. The minimum atomic E-state index is -3.71. The molecule has 27 heavy (non-hydrogen) atoms. The van der Waals surface area contributed by atoms with Crippen LogP contribution in [0.15, 0.2) is 45.8 Å². The summed E-state index contributed by atoms with van der Waals surface area (Å²) in [5.41, 5.74) is 0.803. The summed E-state index contributed by atoms with van der Waals surface area (Å²) in [4.78, 5) is 14.1. The molecule has 0 radical (unpaired) electrons. The topological polar surface area (TPSA) is 66.9 Å². The summed E-state index contributed by atoms with van der Waals surface area (Å²) in [5.74, 6) is -0.771. The van der Waals surface area contributed by atoms with Gasteiger partial charge in [0.25, 0.3) is 5.91 Å². The number of carbonyl (C=O) groups excluding carboxylic acids is 1. The fraction of sp³-hybridized carbons (Fsp3) is 0.278. The Bertz CT molecular complexity index is 964. The second kappa shape index (κ2) is 8.37. The molecule has 2 aromatic rings. The third-order valence-corrected chi connectivity index (χ3v) is 6.73. The third-order valence-electron chi connectivity index (χ3n) is 3.92. The number of carbonyl (C=O) groups is 1. The molecule has 2 rings (SSSR count). The van der Waals surface area contributed by atoms with Gasteiger partial charge in [-0.25, -0.2) is 17.1 Å². The van der Waals surface area contributed by atoms with Crippen LogP contribution in [0.5, 0.6) is 5.75 Å². The summed E-state index contributed by atoms with van der Waals surface area (Å²) in [6, 6.07) is 8.83. The second-order valence-electron chi connectivity index (χ2n) is 6.06. The summed E-state index contributed by atoms with van der Waals surface area (Å²) in [5, 5.41) is 0. The van der Waals surface area contributed by atoms with Gasteiger partial charge >= 0.3 is 0 Å². The van der Waals surface area contributed by atoms with Crippen molar-refractivity contribution < 1.29 is 22.3 Å². The van der Waals surface area contributed by atoms with E-state index in [4.69, 9.17) is 4.74 Å². The number of sulfonamides is 1. The summed E-state index contributed by atoms with van der Waals surface area (Å²) in [6.45, 7) is 0.158. The zero-order valence-corrected chi connectivity index (χ0v) is 17.8. The number of rotatable bonds is 6. The fourth-order valence-electron chi connectivity index (χ4n) is 2.41. The van der Waals surface area contributed by atoms with Crippen molar-refractivity contribution in [3.05, 3.63) is 57.8 Å². The zero-order valence-electron chi connectivity index (χ0n) is 15.4. The van der Waals surface area contributed by atoms with Crippen molar-refractivity contribution in [1.82, 2.24) is 9.21 Å². The van der Waals surface area contributed by atoms with Crippen LogP contribution in [0.4, 0.5) is 4.39 Å². The Morgan fingerprint density at radius 3 is 2.37 bits per heavy atom. The Morgan fingerprint density at radius 2 is 1.81 bits per heavy atom. The molecule has 0 aliphatic carbocycles. The van der Waals surface area contributed by atoms with Crippen LogP contribution in [0, 0.1) is 5.82 Å². The van der Waals surface area contributed by atoms with Crippen molar-refractivity contribution in [2.45, 2.75) is 11.4 Å². The second-order valence-corrected chi connectivity index (χ2v) is 9.04. The Balaban J connectivity index is 2.28. The lowest BCUT2D eigenvalue weighted by atomic mass is 10.1. The van der Waals surface area contributed by atoms with E-state index in [1.54, 1.807) is 13.1 Å². The van der Waals surface area contributed by atoms with Crippen molar-refractivity contribution in [1.29, 1.82) is 0 Å². The van der Waals surface area contributed by atoms with Crippen LogP contribution >= 0.6 is 15.9 Å². The van der Waals surface area contributed by atoms with Crippen LogP contribution in [-0.4, -0.2) is 51.8 Å². The van der Waals surface area contributed by atoms with Gasteiger partial charge in [0.15, 0.2) is 11.6 Å². The summed E-state index contributed by atoms with van der Waals surface area (Å²) in [6.07, 6.45) is 0. The van der Waals surface area contributed by atoms with Crippen LogP contribution < -0.4 is 4.74 Å². The summed E-state index contributed by atoms with van der Waals surface area (Å²) >= 11 is 3.21. The molecule has 0 atom stereocenters. The summed E-state index contributed by atoms with van der Waals surface area (Å²) in [7, 11) is 2.06. The minimum Gasteiger partial charge on any atom is -0.494 e. The molecule has 2 aromatic carbocycles. The van der Waals surface area contributed by atoms with Gasteiger partial charge in [0.1, 0.15) is 0 Å². The monoisotopic (exact) mass is 458 g/mol.